The van der Waals surface area contributed by atoms with Gasteiger partial charge in [0.05, 0.1) is 17.9 Å². The molecular formula is C19H22N6O2. The average Bonchev–Trinajstić information content (AvgIpc) is 3.02. The second-order valence-corrected chi connectivity index (χ2v) is 7.30. The Bertz CT molecular complexity index is 1010. The van der Waals surface area contributed by atoms with Crippen LogP contribution in [0.1, 0.15) is 42.6 Å². The molecule has 0 aliphatic heterocycles. The number of hydrogen-bond acceptors (Lipinski definition) is 5. The number of aromatic nitrogens is 5. The van der Waals surface area contributed by atoms with Crippen molar-refractivity contribution in [1.29, 1.82) is 0 Å². The number of aromatic amines is 1. The van der Waals surface area contributed by atoms with Gasteiger partial charge in [0.25, 0.3) is 11.5 Å². The third-order valence-corrected chi connectivity index (χ3v) is 4.04. The number of pyridine rings is 1. The van der Waals surface area contributed by atoms with Crippen molar-refractivity contribution in [2.24, 2.45) is 7.05 Å². The van der Waals surface area contributed by atoms with E-state index < -0.39 is 0 Å². The molecule has 0 aliphatic rings. The van der Waals surface area contributed by atoms with Gasteiger partial charge in [-0.2, -0.15) is 5.10 Å². The summed E-state index contributed by atoms with van der Waals surface area (Å²) in [5.41, 5.74) is 2.01. The fourth-order valence-corrected chi connectivity index (χ4v) is 2.55. The predicted octanol–water partition coefficient (Wildman–Crippen LogP) is 1.79. The van der Waals surface area contributed by atoms with Crippen LogP contribution in [0.2, 0.25) is 0 Å². The monoisotopic (exact) mass is 366 g/mol. The molecule has 2 N–H and O–H groups in total. The zero-order valence-corrected chi connectivity index (χ0v) is 15.8. The van der Waals surface area contributed by atoms with Crippen LogP contribution in [0.4, 0.5) is 0 Å². The molecule has 0 spiro atoms. The maximum absolute atomic E-state index is 12.5. The van der Waals surface area contributed by atoms with Gasteiger partial charge in [-0.25, -0.2) is 4.98 Å². The molecule has 8 nitrogen and oxygen atoms in total. The van der Waals surface area contributed by atoms with Crippen LogP contribution in [-0.2, 0) is 19.0 Å². The summed E-state index contributed by atoms with van der Waals surface area (Å²) < 4.78 is 1.56. The van der Waals surface area contributed by atoms with Crippen LogP contribution >= 0.6 is 0 Å². The molecule has 0 unspecified atom stereocenters. The van der Waals surface area contributed by atoms with Crippen LogP contribution < -0.4 is 10.9 Å². The standard InChI is InChI=1S/C19H22N6O2/c1-19(2,3)15-9-14(25(4)24-15)18(27)21-11-13-8-16(26)23-17(22-13)12-6-5-7-20-10-12/h5-10H,11H2,1-4H3,(H,21,27)(H,22,23,26). The van der Waals surface area contributed by atoms with Crippen LogP contribution in [-0.4, -0.2) is 30.6 Å². The Hall–Kier alpha value is -3.29. The topological polar surface area (TPSA) is 106 Å². The molecule has 3 aromatic rings. The first kappa shape index (κ1) is 18.5. The van der Waals surface area contributed by atoms with Crippen LogP contribution in [0.25, 0.3) is 11.4 Å². The first-order valence-corrected chi connectivity index (χ1v) is 8.57. The molecule has 3 rings (SSSR count). The lowest BCUT2D eigenvalue weighted by molar-refractivity contribution is 0.0941. The number of amides is 1. The van der Waals surface area contributed by atoms with Gasteiger partial charge in [-0.3, -0.25) is 19.3 Å². The van der Waals surface area contributed by atoms with Crippen LogP contribution in [0.3, 0.4) is 0 Å². The van der Waals surface area contributed by atoms with Gasteiger partial charge in [0.15, 0.2) is 0 Å². The van der Waals surface area contributed by atoms with E-state index in [1.807, 2.05) is 20.8 Å². The Morgan fingerprint density at radius 2 is 2.07 bits per heavy atom. The van der Waals surface area contributed by atoms with Crippen LogP contribution in [0.15, 0.2) is 41.5 Å². The predicted molar refractivity (Wildman–Crippen MR) is 101 cm³/mol. The average molecular weight is 366 g/mol. The molecule has 0 aromatic carbocycles. The normalized spacial score (nSPS) is 11.4. The summed E-state index contributed by atoms with van der Waals surface area (Å²) in [6.07, 6.45) is 3.26. The third kappa shape index (κ3) is 4.28. The first-order chi connectivity index (χ1) is 12.7. The minimum absolute atomic E-state index is 0.131. The van der Waals surface area contributed by atoms with E-state index in [-0.39, 0.29) is 23.4 Å². The highest BCUT2D eigenvalue weighted by Crippen LogP contribution is 2.21. The number of aryl methyl sites for hydroxylation is 1. The van der Waals surface area contributed by atoms with Crippen molar-refractivity contribution in [2.45, 2.75) is 32.7 Å². The molecule has 0 saturated carbocycles. The third-order valence-electron chi connectivity index (χ3n) is 4.04. The van der Waals surface area contributed by atoms with Gasteiger partial charge < -0.3 is 10.3 Å². The highest BCUT2D eigenvalue weighted by Gasteiger charge is 2.21. The van der Waals surface area contributed by atoms with Gasteiger partial charge in [0.1, 0.15) is 11.5 Å². The summed E-state index contributed by atoms with van der Waals surface area (Å²) in [6, 6.07) is 6.71. The van der Waals surface area contributed by atoms with Crippen LogP contribution in [0.5, 0.6) is 0 Å². The second-order valence-electron chi connectivity index (χ2n) is 7.30. The first-order valence-electron chi connectivity index (χ1n) is 8.57. The SMILES string of the molecule is Cn1nc(C(C)(C)C)cc1C(=O)NCc1cc(=O)[nH]c(-c2cccnc2)n1. The van der Waals surface area contributed by atoms with Crippen molar-refractivity contribution in [3.05, 3.63) is 64.1 Å². The van der Waals surface area contributed by atoms with E-state index in [1.54, 1.807) is 42.3 Å². The van der Waals surface area contributed by atoms with Crippen molar-refractivity contribution in [3.8, 4) is 11.4 Å². The van der Waals surface area contributed by atoms with E-state index in [4.69, 9.17) is 0 Å². The number of H-pyrrole nitrogens is 1. The lowest BCUT2D eigenvalue weighted by Gasteiger charge is -2.13. The van der Waals surface area contributed by atoms with E-state index in [1.165, 1.54) is 6.07 Å². The largest absolute Gasteiger partial charge is 0.345 e. The molecule has 0 fully saturated rings. The van der Waals surface area contributed by atoms with Crippen molar-refractivity contribution in [2.75, 3.05) is 0 Å². The summed E-state index contributed by atoms with van der Waals surface area (Å²) in [7, 11) is 1.73. The highest BCUT2D eigenvalue weighted by atomic mass is 16.2. The maximum atomic E-state index is 12.5. The summed E-state index contributed by atoms with van der Waals surface area (Å²) in [5, 5.41) is 7.20. The molecule has 140 valence electrons. The van der Waals surface area contributed by atoms with E-state index in [0.717, 1.165) is 5.69 Å². The van der Waals surface area contributed by atoms with Gasteiger partial charge >= 0.3 is 0 Å². The molecule has 0 atom stereocenters. The molecule has 0 saturated heterocycles. The van der Waals surface area contributed by atoms with Crippen molar-refractivity contribution < 1.29 is 4.79 Å². The van der Waals surface area contributed by atoms with Gasteiger partial charge in [-0.1, -0.05) is 20.8 Å². The van der Waals surface area contributed by atoms with E-state index in [9.17, 15) is 9.59 Å². The Kier molecular flexibility index (Phi) is 4.89. The van der Waals surface area contributed by atoms with Crippen LogP contribution in [0, 0.1) is 0 Å². The van der Waals surface area contributed by atoms with Gasteiger partial charge in [-0.15, -0.1) is 0 Å². The van der Waals surface area contributed by atoms with E-state index in [0.29, 0.717) is 22.8 Å². The van der Waals surface area contributed by atoms with Crippen molar-refractivity contribution in [1.82, 2.24) is 30.0 Å². The van der Waals surface area contributed by atoms with Crippen molar-refractivity contribution >= 4 is 5.91 Å². The number of carbonyl (C=O) groups excluding carboxylic acids is 1. The minimum Gasteiger partial charge on any atom is -0.345 e. The molecule has 1 amide bonds. The quantitative estimate of drug-likeness (QED) is 0.732. The Morgan fingerprint density at radius 3 is 2.70 bits per heavy atom. The highest BCUT2D eigenvalue weighted by molar-refractivity contribution is 5.92. The minimum atomic E-state index is -0.288. The fourth-order valence-electron chi connectivity index (χ4n) is 2.55. The molecule has 0 radical (unpaired) electrons. The maximum Gasteiger partial charge on any atom is 0.269 e. The molecule has 8 heteroatoms. The van der Waals surface area contributed by atoms with Gasteiger partial charge in [0.2, 0.25) is 0 Å². The molecule has 3 heterocycles. The number of hydrogen-bond donors (Lipinski definition) is 2. The number of rotatable bonds is 4. The Morgan fingerprint density at radius 1 is 1.30 bits per heavy atom. The molecule has 27 heavy (non-hydrogen) atoms. The fraction of sp³-hybridized carbons (Fsp3) is 0.316. The number of nitrogens with one attached hydrogen (secondary N) is 2. The number of nitrogens with zero attached hydrogens (tertiary/aromatic N) is 4. The summed E-state index contributed by atoms with van der Waals surface area (Å²) in [6.45, 7) is 6.25. The smallest absolute Gasteiger partial charge is 0.269 e. The Labute approximate surface area is 156 Å². The molecular weight excluding hydrogens is 344 g/mol. The lowest BCUT2D eigenvalue weighted by Crippen LogP contribution is -2.26. The number of carbonyl (C=O) groups is 1. The van der Waals surface area contributed by atoms with Crippen molar-refractivity contribution in [3.63, 3.8) is 0 Å². The van der Waals surface area contributed by atoms with E-state index >= 15 is 0 Å². The second kappa shape index (κ2) is 7.14. The van der Waals surface area contributed by atoms with Gasteiger partial charge in [0, 0.05) is 36.5 Å². The molecule has 0 aliphatic carbocycles. The summed E-state index contributed by atoms with van der Waals surface area (Å²) in [5.74, 6) is 0.140. The zero-order valence-electron chi connectivity index (χ0n) is 15.8. The molecule has 3 aromatic heterocycles. The molecule has 0 bridgehead atoms. The summed E-state index contributed by atoms with van der Waals surface area (Å²) >= 11 is 0. The lowest BCUT2D eigenvalue weighted by atomic mass is 9.92. The Balaban J connectivity index is 1.77. The summed E-state index contributed by atoms with van der Waals surface area (Å²) in [4.78, 5) is 35.6. The zero-order chi connectivity index (χ0) is 19.6. The van der Waals surface area contributed by atoms with E-state index in [2.05, 4.69) is 25.4 Å². The van der Waals surface area contributed by atoms with Gasteiger partial charge in [-0.05, 0) is 18.2 Å².